The number of allylic oxidation sites excluding steroid dienone is 2. The average Bonchev–Trinajstić information content (AvgIpc) is 2.55. The van der Waals surface area contributed by atoms with Gasteiger partial charge in [0.05, 0.1) is 6.61 Å². The molecule has 0 aliphatic heterocycles. The molecule has 1 aliphatic carbocycles. The third-order valence-corrected chi connectivity index (χ3v) is 4.37. The van der Waals surface area contributed by atoms with Crippen LogP contribution in [0.25, 0.3) is 0 Å². The van der Waals surface area contributed by atoms with Crippen LogP contribution in [0.4, 0.5) is 13.2 Å². The summed E-state index contributed by atoms with van der Waals surface area (Å²) in [4.78, 5) is 12.4. The zero-order valence-electron chi connectivity index (χ0n) is 13.7. The molecule has 2 atom stereocenters. The number of esters is 1. The summed E-state index contributed by atoms with van der Waals surface area (Å²) in [6.45, 7) is 1.97. The van der Waals surface area contributed by atoms with E-state index < -0.39 is 17.7 Å². The van der Waals surface area contributed by atoms with Gasteiger partial charge in [0.1, 0.15) is 0 Å². The Balaban J connectivity index is 2.20. The Morgan fingerprint density at radius 1 is 1.25 bits per heavy atom. The Kier molecular flexibility index (Phi) is 5.70. The highest BCUT2D eigenvalue weighted by Gasteiger charge is 2.64. The van der Waals surface area contributed by atoms with Crippen LogP contribution in [0, 0.1) is 5.92 Å². The van der Waals surface area contributed by atoms with E-state index in [1.807, 2.05) is 13.0 Å². The van der Waals surface area contributed by atoms with Crippen molar-refractivity contribution in [3.8, 4) is 0 Å². The van der Waals surface area contributed by atoms with E-state index in [1.54, 1.807) is 6.07 Å². The lowest BCUT2D eigenvalue weighted by atomic mass is 9.90. The van der Waals surface area contributed by atoms with Crippen LogP contribution in [0.1, 0.15) is 31.7 Å². The second-order valence-corrected chi connectivity index (χ2v) is 6.04. The molecule has 0 N–H and O–H groups in total. The molecule has 0 spiro atoms. The molecule has 0 saturated heterocycles. The summed E-state index contributed by atoms with van der Waals surface area (Å²) in [5, 5.41) is 0. The van der Waals surface area contributed by atoms with E-state index in [2.05, 4.69) is 0 Å². The number of rotatable bonds is 5. The molecule has 2 rings (SSSR count). The highest BCUT2D eigenvalue weighted by atomic mass is 19.4. The van der Waals surface area contributed by atoms with Gasteiger partial charge in [0.15, 0.2) is 0 Å². The van der Waals surface area contributed by atoms with Gasteiger partial charge in [-0.2, -0.15) is 13.2 Å². The SMILES string of the molecule is CO[C@@](C(=O)OC[C@@H]1CC=C(C)CC1)(c1ccccc1)C(F)(F)F. The number of ether oxygens (including phenoxy) is 2. The van der Waals surface area contributed by atoms with E-state index in [0.29, 0.717) is 6.42 Å². The normalized spacial score (nSPS) is 20.9. The zero-order valence-corrected chi connectivity index (χ0v) is 13.7. The van der Waals surface area contributed by atoms with Crippen molar-refractivity contribution in [2.24, 2.45) is 5.92 Å². The molecule has 0 amide bonds. The van der Waals surface area contributed by atoms with Crippen molar-refractivity contribution in [1.82, 2.24) is 0 Å². The number of hydrogen-bond donors (Lipinski definition) is 0. The summed E-state index contributed by atoms with van der Waals surface area (Å²) in [5.41, 5.74) is -2.14. The van der Waals surface area contributed by atoms with Gasteiger partial charge in [0.2, 0.25) is 0 Å². The van der Waals surface area contributed by atoms with Crippen molar-refractivity contribution in [1.29, 1.82) is 0 Å². The molecule has 0 saturated carbocycles. The van der Waals surface area contributed by atoms with Crippen LogP contribution in [-0.4, -0.2) is 25.9 Å². The van der Waals surface area contributed by atoms with E-state index in [0.717, 1.165) is 20.0 Å². The third kappa shape index (κ3) is 3.64. The monoisotopic (exact) mass is 342 g/mol. The van der Waals surface area contributed by atoms with E-state index in [1.165, 1.54) is 29.8 Å². The van der Waals surface area contributed by atoms with Crippen LogP contribution >= 0.6 is 0 Å². The highest BCUT2D eigenvalue weighted by Crippen LogP contribution is 2.43. The van der Waals surface area contributed by atoms with Gasteiger partial charge >= 0.3 is 12.1 Å². The Morgan fingerprint density at radius 2 is 1.92 bits per heavy atom. The molecule has 0 bridgehead atoms. The summed E-state index contributed by atoms with van der Waals surface area (Å²) in [7, 11) is 0.870. The zero-order chi connectivity index (χ0) is 17.8. The minimum absolute atomic E-state index is 0.0382. The second kappa shape index (κ2) is 7.38. The first-order valence-electron chi connectivity index (χ1n) is 7.81. The predicted octanol–water partition coefficient (Wildman–Crippen LogP) is 4.38. The summed E-state index contributed by atoms with van der Waals surface area (Å²) < 4.78 is 50.8. The number of carbonyl (C=O) groups excluding carboxylic acids is 1. The third-order valence-electron chi connectivity index (χ3n) is 4.37. The van der Waals surface area contributed by atoms with Gasteiger partial charge in [0.25, 0.3) is 5.60 Å². The molecule has 6 heteroatoms. The van der Waals surface area contributed by atoms with Gasteiger partial charge in [-0.25, -0.2) is 4.79 Å². The number of carbonyl (C=O) groups is 1. The number of alkyl halides is 3. The number of methoxy groups -OCH3 is 1. The molecule has 24 heavy (non-hydrogen) atoms. The van der Waals surface area contributed by atoms with Crippen molar-refractivity contribution in [3.05, 3.63) is 47.5 Å². The van der Waals surface area contributed by atoms with E-state index in [4.69, 9.17) is 9.47 Å². The van der Waals surface area contributed by atoms with Gasteiger partial charge in [-0.15, -0.1) is 0 Å². The van der Waals surface area contributed by atoms with E-state index in [9.17, 15) is 18.0 Å². The van der Waals surface area contributed by atoms with Gasteiger partial charge in [0, 0.05) is 12.7 Å². The maximum atomic E-state index is 13.7. The lowest BCUT2D eigenvalue weighted by Crippen LogP contribution is -2.52. The van der Waals surface area contributed by atoms with Gasteiger partial charge < -0.3 is 9.47 Å². The number of hydrogen-bond acceptors (Lipinski definition) is 3. The molecule has 0 fully saturated rings. The summed E-state index contributed by atoms with van der Waals surface area (Å²) in [5.74, 6) is -1.38. The number of halogens is 3. The fourth-order valence-electron chi connectivity index (χ4n) is 2.85. The average molecular weight is 342 g/mol. The summed E-state index contributed by atoms with van der Waals surface area (Å²) in [6, 6.07) is 6.85. The molecule has 0 aromatic heterocycles. The van der Waals surface area contributed by atoms with Gasteiger partial charge in [-0.05, 0) is 32.1 Å². The molecule has 1 aromatic carbocycles. The van der Waals surface area contributed by atoms with E-state index >= 15 is 0 Å². The Labute approximate surface area is 139 Å². The standard InChI is InChI=1S/C18H21F3O3/c1-13-8-10-14(11-9-13)12-24-16(22)17(23-2,18(19,20)21)15-6-4-3-5-7-15/h3-8,14H,9-12H2,1-2H3/t14-,17-/m1/s1. The van der Waals surface area contributed by atoms with Gasteiger partial charge in [-0.3, -0.25) is 0 Å². The molecule has 0 heterocycles. The van der Waals surface area contributed by atoms with Crippen molar-refractivity contribution in [2.45, 2.75) is 38.0 Å². The van der Waals surface area contributed by atoms with Crippen LogP contribution in [0.15, 0.2) is 42.0 Å². The quantitative estimate of drug-likeness (QED) is 0.588. The second-order valence-electron chi connectivity index (χ2n) is 6.04. The molecule has 1 aliphatic rings. The van der Waals surface area contributed by atoms with Crippen LogP contribution in [-0.2, 0) is 19.9 Å². The molecular formula is C18H21F3O3. The molecule has 0 radical (unpaired) electrons. The largest absolute Gasteiger partial charge is 0.463 e. The maximum absolute atomic E-state index is 13.7. The number of benzene rings is 1. The first kappa shape index (κ1) is 18.5. The first-order valence-corrected chi connectivity index (χ1v) is 7.81. The Hall–Kier alpha value is -1.82. The minimum Gasteiger partial charge on any atom is -0.463 e. The molecule has 132 valence electrons. The fourth-order valence-corrected chi connectivity index (χ4v) is 2.85. The van der Waals surface area contributed by atoms with Crippen molar-refractivity contribution >= 4 is 5.97 Å². The van der Waals surface area contributed by atoms with Crippen LogP contribution in [0.3, 0.4) is 0 Å². The lowest BCUT2D eigenvalue weighted by Gasteiger charge is -2.33. The fraction of sp³-hybridized carbons (Fsp3) is 0.500. The van der Waals surface area contributed by atoms with Crippen LogP contribution in [0.5, 0.6) is 0 Å². The summed E-state index contributed by atoms with van der Waals surface area (Å²) in [6.07, 6.45) is -0.519. The van der Waals surface area contributed by atoms with Crippen molar-refractivity contribution in [2.75, 3.05) is 13.7 Å². The maximum Gasteiger partial charge on any atom is 0.432 e. The molecular weight excluding hydrogens is 321 g/mol. The summed E-state index contributed by atoms with van der Waals surface area (Å²) >= 11 is 0. The minimum atomic E-state index is -4.93. The van der Waals surface area contributed by atoms with Crippen LogP contribution < -0.4 is 0 Å². The Morgan fingerprint density at radius 3 is 2.42 bits per heavy atom. The van der Waals surface area contributed by atoms with E-state index in [-0.39, 0.29) is 18.1 Å². The molecule has 1 aromatic rings. The topological polar surface area (TPSA) is 35.5 Å². The highest BCUT2D eigenvalue weighted by molar-refractivity contribution is 5.82. The van der Waals surface area contributed by atoms with Crippen molar-refractivity contribution < 1.29 is 27.4 Å². The Bertz CT molecular complexity index is 595. The van der Waals surface area contributed by atoms with Gasteiger partial charge in [-0.1, -0.05) is 42.0 Å². The molecule has 3 nitrogen and oxygen atoms in total. The smallest absolute Gasteiger partial charge is 0.432 e. The lowest BCUT2D eigenvalue weighted by molar-refractivity contribution is -0.276. The van der Waals surface area contributed by atoms with Crippen LogP contribution in [0.2, 0.25) is 0 Å². The predicted molar refractivity (Wildman–Crippen MR) is 83.2 cm³/mol. The van der Waals surface area contributed by atoms with Crippen molar-refractivity contribution in [3.63, 3.8) is 0 Å². The first-order chi connectivity index (χ1) is 11.3. The molecule has 0 unspecified atom stereocenters.